The summed E-state index contributed by atoms with van der Waals surface area (Å²) in [6.45, 7) is 1.68. The summed E-state index contributed by atoms with van der Waals surface area (Å²) in [6.07, 6.45) is 4.37. The molecule has 0 spiro atoms. The third-order valence-corrected chi connectivity index (χ3v) is 5.16. The zero-order chi connectivity index (χ0) is 19.3. The van der Waals surface area contributed by atoms with E-state index in [-0.39, 0.29) is 11.9 Å². The first kappa shape index (κ1) is 18.3. The van der Waals surface area contributed by atoms with Gasteiger partial charge in [-0.1, -0.05) is 36.4 Å². The van der Waals surface area contributed by atoms with E-state index in [1.807, 2.05) is 41.4 Å². The van der Waals surface area contributed by atoms with E-state index >= 15 is 0 Å². The molecule has 2 heterocycles. The first-order valence-electron chi connectivity index (χ1n) is 9.42. The van der Waals surface area contributed by atoms with Gasteiger partial charge in [-0.25, -0.2) is 4.98 Å². The molecule has 6 heteroatoms. The lowest BCUT2D eigenvalue weighted by Crippen LogP contribution is -2.56. The van der Waals surface area contributed by atoms with Crippen molar-refractivity contribution in [1.29, 1.82) is 0 Å². The molecule has 1 atom stereocenters. The van der Waals surface area contributed by atoms with E-state index in [9.17, 15) is 4.79 Å². The molecule has 1 amide bonds. The third kappa shape index (κ3) is 4.07. The molecule has 144 valence electrons. The van der Waals surface area contributed by atoms with Crippen LogP contribution in [0.15, 0.2) is 67.1 Å². The number of benzene rings is 2. The molecular formula is C22H24N4O2. The summed E-state index contributed by atoms with van der Waals surface area (Å²) >= 11 is 0. The zero-order valence-electron chi connectivity index (χ0n) is 15.9. The number of nitrogens with zero attached hydrogens (tertiary/aromatic N) is 3. The Balaban J connectivity index is 1.59. The maximum atomic E-state index is 12.9. The van der Waals surface area contributed by atoms with E-state index in [1.54, 1.807) is 13.4 Å². The maximum absolute atomic E-state index is 12.9. The van der Waals surface area contributed by atoms with Gasteiger partial charge in [0, 0.05) is 42.8 Å². The Morgan fingerprint density at radius 2 is 2.04 bits per heavy atom. The maximum Gasteiger partial charge on any atom is 0.241 e. The van der Waals surface area contributed by atoms with Crippen molar-refractivity contribution in [3.8, 4) is 5.75 Å². The number of anilines is 1. The van der Waals surface area contributed by atoms with Gasteiger partial charge in [0.1, 0.15) is 5.75 Å². The van der Waals surface area contributed by atoms with E-state index in [2.05, 4.69) is 39.1 Å². The molecule has 1 aliphatic rings. The van der Waals surface area contributed by atoms with Crippen LogP contribution in [-0.4, -0.2) is 47.0 Å². The number of hydrogen-bond donors (Lipinski definition) is 1. The number of methoxy groups -OCH3 is 1. The van der Waals surface area contributed by atoms with Crippen LogP contribution >= 0.6 is 0 Å². The van der Waals surface area contributed by atoms with Crippen LogP contribution in [0.3, 0.4) is 0 Å². The number of carbonyl (C=O) groups excluding carboxylic acids is 1. The van der Waals surface area contributed by atoms with Gasteiger partial charge in [0.05, 0.1) is 20.0 Å². The molecule has 0 unspecified atom stereocenters. The zero-order valence-corrected chi connectivity index (χ0v) is 15.9. The number of amides is 1. The van der Waals surface area contributed by atoms with Gasteiger partial charge in [-0.05, 0) is 24.1 Å². The predicted octanol–water partition coefficient (Wildman–Crippen LogP) is 2.88. The van der Waals surface area contributed by atoms with Crippen LogP contribution in [-0.2, 0) is 17.8 Å². The minimum absolute atomic E-state index is 0.0945. The normalized spacial score (nSPS) is 17.7. The summed E-state index contributed by atoms with van der Waals surface area (Å²) in [4.78, 5) is 24.3. The SMILES string of the molecule is COc1cccc(N2C[C@@H](Cc3ccccc3)N(Cc3cnc[nH]3)CC2=O)c1. The van der Waals surface area contributed by atoms with E-state index in [4.69, 9.17) is 4.74 Å². The Hall–Kier alpha value is -3.12. The number of hydrogen-bond acceptors (Lipinski definition) is 4. The van der Waals surface area contributed by atoms with Crippen LogP contribution in [0, 0.1) is 0 Å². The molecule has 0 radical (unpaired) electrons. The highest BCUT2D eigenvalue weighted by atomic mass is 16.5. The Morgan fingerprint density at radius 1 is 1.18 bits per heavy atom. The van der Waals surface area contributed by atoms with Crippen LogP contribution in [0.25, 0.3) is 0 Å². The van der Waals surface area contributed by atoms with Gasteiger partial charge in [-0.3, -0.25) is 9.69 Å². The molecule has 0 saturated carbocycles. The standard InChI is InChI=1S/C22H24N4O2/c1-28-21-9-5-8-19(11-21)26-14-20(10-17-6-3-2-4-7-17)25(15-22(26)27)13-18-12-23-16-24-18/h2-9,11-12,16,20H,10,13-15H2,1H3,(H,23,24)/t20-/m1/s1. The van der Waals surface area contributed by atoms with Gasteiger partial charge in [0.2, 0.25) is 5.91 Å². The average molecular weight is 376 g/mol. The van der Waals surface area contributed by atoms with E-state index in [0.29, 0.717) is 19.6 Å². The second-order valence-corrected chi connectivity index (χ2v) is 7.03. The lowest BCUT2D eigenvalue weighted by atomic mass is 10.0. The number of ether oxygens (including phenoxy) is 1. The Kier molecular flexibility index (Phi) is 5.39. The van der Waals surface area contributed by atoms with E-state index in [1.165, 1.54) is 5.56 Å². The number of aromatic nitrogens is 2. The van der Waals surface area contributed by atoms with Gasteiger partial charge < -0.3 is 14.6 Å². The fourth-order valence-corrected chi connectivity index (χ4v) is 3.70. The van der Waals surface area contributed by atoms with Crippen LogP contribution in [0.1, 0.15) is 11.3 Å². The highest BCUT2D eigenvalue weighted by molar-refractivity contribution is 5.95. The van der Waals surface area contributed by atoms with Crippen molar-refractivity contribution in [2.45, 2.75) is 19.0 Å². The Labute approximate surface area is 164 Å². The molecule has 28 heavy (non-hydrogen) atoms. The van der Waals surface area contributed by atoms with Crippen molar-refractivity contribution >= 4 is 11.6 Å². The fraction of sp³-hybridized carbons (Fsp3) is 0.273. The van der Waals surface area contributed by atoms with Crippen molar-refractivity contribution in [2.24, 2.45) is 0 Å². The molecule has 1 saturated heterocycles. The predicted molar refractivity (Wildman–Crippen MR) is 108 cm³/mol. The molecular weight excluding hydrogens is 352 g/mol. The summed E-state index contributed by atoms with van der Waals surface area (Å²) in [5, 5.41) is 0. The molecule has 6 nitrogen and oxygen atoms in total. The minimum atomic E-state index is 0.0945. The van der Waals surface area contributed by atoms with E-state index < -0.39 is 0 Å². The largest absolute Gasteiger partial charge is 0.497 e. The second kappa shape index (κ2) is 8.27. The summed E-state index contributed by atoms with van der Waals surface area (Å²) in [6, 6.07) is 18.3. The fourth-order valence-electron chi connectivity index (χ4n) is 3.70. The van der Waals surface area contributed by atoms with Gasteiger partial charge in [-0.15, -0.1) is 0 Å². The summed E-state index contributed by atoms with van der Waals surface area (Å²) < 4.78 is 5.34. The van der Waals surface area contributed by atoms with Crippen LogP contribution in [0.2, 0.25) is 0 Å². The molecule has 1 fully saturated rings. The number of rotatable bonds is 6. The van der Waals surface area contributed by atoms with E-state index in [0.717, 1.165) is 23.6 Å². The smallest absolute Gasteiger partial charge is 0.241 e. The number of carbonyl (C=O) groups is 1. The second-order valence-electron chi connectivity index (χ2n) is 7.03. The highest BCUT2D eigenvalue weighted by Gasteiger charge is 2.33. The summed E-state index contributed by atoms with van der Waals surface area (Å²) in [7, 11) is 1.64. The molecule has 2 aromatic carbocycles. The van der Waals surface area contributed by atoms with Crippen LogP contribution in [0.4, 0.5) is 5.69 Å². The number of nitrogens with one attached hydrogen (secondary N) is 1. The van der Waals surface area contributed by atoms with Crippen molar-refractivity contribution < 1.29 is 9.53 Å². The quantitative estimate of drug-likeness (QED) is 0.719. The number of aromatic amines is 1. The summed E-state index contributed by atoms with van der Waals surface area (Å²) in [5.74, 6) is 0.849. The van der Waals surface area contributed by atoms with Crippen molar-refractivity contribution in [1.82, 2.24) is 14.9 Å². The average Bonchev–Trinajstić information content (AvgIpc) is 3.24. The molecule has 0 aliphatic carbocycles. The highest BCUT2D eigenvalue weighted by Crippen LogP contribution is 2.26. The van der Waals surface area contributed by atoms with Gasteiger partial charge >= 0.3 is 0 Å². The summed E-state index contributed by atoms with van der Waals surface area (Å²) in [5.41, 5.74) is 3.16. The molecule has 0 bridgehead atoms. The third-order valence-electron chi connectivity index (χ3n) is 5.16. The minimum Gasteiger partial charge on any atom is -0.497 e. The lowest BCUT2D eigenvalue weighted by molar-refractivity contribution is -0.122. The van der Waals surface area contributed by atoms with Gasteiger partial charge in [-0.2, -0.15) is 0 Å². The van der Waals surface area contributed by atoms with Gasteiger partial charge in [0.15, 0.2) is 0 Å². The first-order valence-corrected chi connectivity index (χ1v) is 9.42. The molecule has 3 aromatic rings. The monoisotopic (exact) mass is 376 g/mol. The van der Waals surface area contributed by atoms with Gasteiger partial charge in [0.25, 0.3) is 0 Å². The first-order chi connectivity index (χ1) is 13.7. The van der Waals surface area contributed by atoms with Crippen LogP contribution in [0.5, 0.6) is 5.75 Å². The Morgan fingerprint density at radius 3 is 2.79 bits per heavy atom. The molecule has 4 rings (SSSR count). The lowest BCUT2D eigenvalue weighted by Gasteiger charge is -2.41. The molecule has 1 aliphatic heterocycles. The Bertz CT molecular complexity index is 911. The number of imidazole rings is 1. The van der Waals surface area contributed by atoms with Crippen molar-refractivity contribution in [3.05, 3.63) is 78.4 Å². The van der Waals surface area contributed by atoms with Crippen LogP contribution < -0.4 is 9.64 Å². The molecule has 1 N–H and O–H groups in total. The number of piperazine rings is 1. The molecule has 1 aromatic heterocycles. The van der Waals surface area contributed by atoms with Crippen molar-refractivity contribution in [2.75, 3.05) is 25.1 Å². The number of H-pyrrole nitrogens is 1. The topological polar surface area (TPSA) is 61.5 Å². The van der Waals surface area contributed by atoms with Crippen molar-refractivity contribution in [3.63, 3.8) is 0 Å².